The number of methoxy groups -OCH3 is 1. The number of aromatic amines is 1. The van der Waals surface area contributed by atoms with E-state index in [4.69, 9.17) is 14.5 Å². The smallest absolute Gasteiger partial charge is 0.410 e. The molecule has 0 bridgehead atoms. The van der Waals surface area contributed by atoms with E-state index < -0.39 is 5.60 Å². The maximum absolute atomic E-state index is 12.4. The second kappa shape index (κ2) is 11.7. The molecule has 3 aromatic heterocycles. The van der Waals surface area contributed by atoms with Crippen LogP contribution in [0.4, 0.5) is 10.6 Å². The average molecular weight is 559 g/mol. The highest BCUT2D eigenvalue weighted by molar-refractivity contribution is 5.83. The molecule has 1 fully saturated rings. The van der Waals surface area contributed by atoms with Gasteiger partial charge in [-0.15, -0.1) is 0 Å². The lowest BCUT2D eigenvalue weighted by molar-refractivity contribution is 0.0139. The number of hydrogen-bond acceptors (Lipinski definition) is 9. The molecule has 216 valence electrons. The molecule has 4 heterocycles. The second-order valence-corrected chi connectivity index (χ2v) is 11.5. The number of benzene rings is 1. The Hall–Kier alpha value is -4.25. The van der Waals surface area contributed by atoms with E-state index in [0.717, 1.165) is 59.3 Å². The van der Waals surface area contributed by atoms with Crippen LogP contribution in [-0.4, -0.2) is 93.8 Å². The van der Waals surface area contributed by atoms with Gasteiger partial charge in [-0.3, -0.25) is 9.88 Å². The molecule has 0 unspecified atom stereocenters. The van der Waals surface area contributed by atoms with Gasteiger partial charge in [0, 0.05) is 70.7 Å². The van der Waals surface area contributed by atoms with Crippen molar-refractivity contribution >= 4 is 22.9 Å². The van der Waals surface area contributed by atoms with Gasteiger partial charge in [0.25, 0.3) is 0 Å². The van der Waals surface area contributed by atoms with E-state index in [-0.39, 0.29) is 6.09 Å². The molecule has 0 spiro atoms. The number of anilines is 1. The zero-order valence-electron chi connectivity index (χ0n) is 24.6. The van der Waals surface area contributed by atoms with Crippen molar-refractivity contribution in [3.63, 3.8) is 0 Å². The second-order valence-electron chi connectivity index (χ2n) is 11.5. The third kappa shape index (κ3) is 6.74. The van der Waals surface area contributed by atoms with Crippen molar-refractivity contribution in [2.24, 2.45) is 0 Å². The lowest BCUT2D eigenvalue weighted by atomic mass is 10.1. The Morgan fingerprint density at radius 2 is 1.83 bits per heavy atom. The molecule has 1 amide bonds. The molecule has 5 rings (SSSR count). The Balaban J connectivity index is 1.25. The first-order valence-electron chi connectivity index (χ1n) is 13.8. The summed E-state index contributed by atoms with van der Waals surface area (Å²) in [6, 6.07) is 10.2. The highest BCUT2D eigenvalue weighted by Crippen LogP contribution is 2.35. The van der Waals surface area contributed by atoms with Crippen LogP contribution in [0.5, 0.6) is 5.75 Å². The van der Waals surface area contributed by atoms with Crippen LogP contribution in [0.2, 0.25) is 0 Å². The Labute approximate surface area is 240 Å². The van der Waals surface area contributed by atoms with Crippen LogP contribution in [0.15, 0.2) is 42.9 Å². The van der Waals surface area contributed by atoms with E-state index in [2.05, 4.69) is 30.9 Å². The van der Waals surface area contributed by atoms with E-state index >= 15 is 0 Å². The van der Waals surface area contributed by atoms with Gasteiger partial charge in [-0.05, 0) is 50.6 Å². The minimum absolute atomic E-state index is 0.240. The number of amides is 1. The van der Waals surface area contributed by atoms with Crippen LogP contribution in [0.3, 0.4) is 0 Å². The summed E-state index contributed by atoms with van der Waals surface area (Å²) in [6.45, 7) is 9.40. The topological polar surface area (TPSA) is 113 Å². The van der Waals surface area contributed by atoms with Gasteiger partial charge >= 0.3 is 6.09 Å². The van der Waals surface area contributed by atoms with Crippen molar-refractivity contribution < 1.29 is 14.3 Å². The zero-order chi connectivity index (χ0) is 29.1. The summed E-state index contributed by atoms with van der Waals surface area (Å²) in [5.74, 6) is 2.19. The van der Waals surface area contributed by atoms with Crippen molar-refractivity contribution in [1.29, 1.82) is 0 Å². The number of fused-ring (bicyclic) bond motifs is 1. The number of carbonyl (C=O) groups is 1. The molecule has 0 aliphatic carbocycles. The summed E-state index contributed by atoms with van der Waals surface area (Å²) in [6.07, 6.45) is 3.75. The number of hydrogen-bond donors (Lipinski definition) is 1. The number of H-pyrrole nitrogens is 1. The molecular weight excluding hydrogens is 520 g/mol. The normalized spacial score (nSPS) is 14.3. The molecule has 11 nitrogen and oxygen atoms in total. The highest BCUT2D eigenvalue weighted by atomic mass is 16.6. The predicted octanol–water partition coefficient (Wildman–Crippen LogP) is 4.13. The van der Waals surface area contributed by atoms with Crippen LogP contribution in [0.25, 0.3) is 22.3 Å². The largest absolute Gasteiger partial charge is 0.491 e. The highest BCUT2D eigenvalue weighted by Gasteiger charge is 2.26. The van der Waals surface area contributed by atoms with Crippen LogP contribution in [0.1, 0.15) is 37.9 Å². The number of ether oxygens (including phenoxy) is 2. The van der Waals surface area contributed by atoms with Gasteiger partial charge in [-0.1, -0.05) is 6.07 Å². The Morgan fingerprint density at radius 1 is 1.05 bits per heavy atom. The van der Waals surface area contributed by atoms with Gasteiger partial charge in [0.05, 0.1) is 18.1 Å². The van der Waals surface area contributed by atoms with E-state index in [1.165, 1.54) is 5.56 Å². The van der Waals surface area contributed by atoms with Crippen molar-refractivity contribution in [2.75, 3.05) is 52.3 Å². The van der Waals surface area contributed by atoms with E-state index in [0.29, 0.717) is 25.3 Å². The molecule has 1 saturated heterocycles. The van der Waals surface area contributed by atoms with Crippen molar-refractivity contribution in [3.8, 4) is 17.0 Å². The third-order valence-corrected chi connectivity index (χ3v) is 6.88. The fourth-order valence-corrected chi connectivity index (χ4v) is 4.94. The number of piperazine rings is 1. The van der Waals surface area contributed by atoms with Crippen LogP contribution < -0.4 is 9.64 Å². The molecule has 1 aromatic carbocycles. The maximum Gasteiger partial charge on any atom is 0.410 e. The summed E-state index contributed by atoms with van der Waals surface area (Å²) < 4.78 is 11.2. The van der Waals surface area contributed by atoms with Gasteiger partial charge in [0.15, 0.2) is 11.6 Å². The molecule has 0 atom stereocenters. The first kappa shape index (κ1) is 28.3. The Bertz CT molecular complexity index is 1520. The minimum Gasteiger partial charge on any atom is -0.491 e. The molecule has 1 aliphatic heterocycles. The van der Waals surface area contributed by atoms with Crippen LogP contribution in [0, 0.1) is 0 Å². The van der Waals surface area contributed by atoms with Crippen LogP contribution >= 0.6 is 0 Å². The molecular formula is C30H38N8O3. The third-order valence-electron chi connectivity index (χ3n) is 6.88. The summed E-state index contributed by atoms with van der Waals surface area (Å²) in [5, 5.41) is 0. The van der Waals surface area contributed by atoms with Crippen molar-refractivity contribution in [1.82, 2.24) is 34.7 Å². The standard InChI is InChI=1S/C30H38N8O3/c1-30(2,3)41-29(39)38-13-11-37(12-14-38)18-20-9-10-31-22(15-20)17-25-34-23-8-7-21(16-24(23)35-25)26-27(40-6)28(36(4)5)33-19-32-26/h7-10,15-16,19H,11-14,17-18H2,1-6H3,(H,34,35). The van der Waals surface area contributed by atoms with Crippen LogP contribution in [-0.2, 0) is 17.7 Å². The van der Waals surface area contributed by atoms with Gasteiger partial charge in [0.2, 0.25) is 0 Å². The monoisotopic (exact) mass is 558 g/mol. The fourth-order valence-electron chi connectivity index (χ4n) is 4.94. The van der Waals surface area contributed by atoms with Crippen molar-refractivity contribution in [2.45, 2.75) is 39.3 Å². The molecule has 11 heteroatoms. The molecule has 1 N–H and O–H groups in total. The summed E-state index contributed by atoms with van der Waals surface area (Å²) in [5.41, 5.74) is 5.10. The Morgan fingerprint density at radius 3 is 2.54 bits per heavy atom. The maximum atomic E-state index is 12.4. The van der Waals surface area contributed by atoms with Gasteiger partial charge in [-0.25, -0.2) is 19.7 Å². The molecule has 1 aliphatic rings. The number of nitrogens with one attached hydrogen (secondary N) is 1. The average Bonchev–Trinajstić information content (AvgIpc) is 3.33. The van der Waals surface area contributed by atoms with E-state index in [1.54, 1.807) is 18.3 Å². The number of aromatic nitrogens is 5. The van der Waals surface area contributed by atoms with E-state index in [9.17, 15) is 4.79 Å². The summed E-state index contributed by atoms with van der Waals surface area (Å²) >= 11 is 0. The Kier molecular flexibility index (Phi) is 8.07. The molecule has 0 radical (unpaired) electrons. The lowest BCUT2D eigenvalue weighted by Gasteiger charge is -2.35. The first-order valence-corrected chi connectivity index (χ1v) is 13.8. The number of carbonyl (C=O) groups excluding carboxylic acids is 1. The molecule has 4 aromatic rings. The number of pyridine rings is 1. The van der Waals surface area contributed by atoms with E-state index in [1.807, 2.05) is 70.2 Å². The summed E-state index contributed by atoms with van der Waals surface area (Å²) in [7, 11) is 5.48. The van der Waals surface area contributed by atoms with Gasteiger partial charge in [0.1, 0.15) is 23.4 Å². The quantitative estimate of drug-likeness (QED) is 0.358. The fraction of sp³-hybridized carbons (Fsp3) is 0.433. The molecule has 0 saturated carbocycles. The summed E-state index contributed by atoms with van der Waals surface area (Å²) in [4.78, 5) is 40.1. The van der Waals surface area contributed by atoms with Crippen molar-refractivity contribution in [3.05, 3.63) is 59.9 Å². The predicted molar refractivity (Wildman–Crippen MR) is 158 cm³/mol. The molecule has 41 heavy (non-hydrogen) atoms. The van der Waals surface area contributed by atoms with Gasteiger partial charge in [-0.2, -0.15) is 0 Å². The zero-order valence-corrected chi connectivity index (χ0v) is 24.6. The minimum atomic E-state index is -0.482. The number of imidazole rings is 1. The number of nitrogens with zero attached hydrogens (tertiary/aromatic N) is 7. The van der Waals surface area contributed by atoms with Gasteiger partial charge < -0.3 is 24.3 Å². The lowest BCUT2D eigenvalue weighted by Crippen LogP contribution is -2.49. The first-order chi connectivity index (χ1) is 19.6. The number of rotatable bonds is 7. The SMILES string of the molecule is COc1c(-c2ccc3nc(Cc4cc(CN5CCN(C(=O)OC(C)(C)C)CC5)ccn4)[nH]c3c2)ncnc1N(C)C.